The summed E-state index contributed by atoms with van der Waals surface area (Å²) in [7, 11) is 0. The Bertz CT molecular complexity index is 504. The van der Waals surface area contributed by atoms with E-state index in [1.54, 1.807) is 0 Å². The molecule has 0 aliphatic carbocycles. The van der Waals surface area contributed by atoms with E-state index in [0.717, 1.165) is 44.2 Å². The molecule has 106 valence electrons. The summed E-state index contributed by atoms with van der Waals surface area (Å²) >= 11 is 0. The summed E-state index contributed by atoms with van der Waals surface area (Å²) in [5.41, 5.74) is 1.19. The van der Waals surface area contributed by atoms with Crippen LogP contribution in [0, 0.1) is 11.3 Å². The fraction of sp³-hybridized carbons (Fsp3) is 0.533. The number of fused-ring (bicyclic) bond motifs is 1. The maximum atomic E-state index is 8.63. The lowest BCUT2D eigenvalue weighted by Gasteiger charge is -2.36. The van der Waals surface area contributed by atoms with Gasteiger partial charge in [0, 0.05) is 50.9 Å². The second-order valence-corrected chi connectivity index (χ2v) is 5.06. The third-order valence-electron chi connectivity index (χ3n) is 3.80. The average molecular weight is 273 g/mol. The topological polar surface area (TPSA) is 48.7 Å². The number of ether oxygens (including phenoxy) is 2. The van der Waals surface area contributed by atoms with Crippen molar-refractivity contribution in [2.24, 2.45) is 0 Å². The molecule has 0 amide bonds. The van der Waals surface area contributed by atoms with Crippen LogP contribution in [0.5, 0.6) is 11.5 Å². The molecular weight excluding hydrogens is 254 g/mol. The summed E-state index contributed by atoms with van der Waals surface area (Å²) in [5, 5.41) is 8.63. The first-order valence-corrected chi connectivity index (χ1v) is 7.11. The highest BCUT2D eigenvalue weighted by Crippen LogP contribution is 2.34. The summed E-state index contributed by atoms with van der Waals surface area (Å²) in [4.78, 5) is 4.71. The fourth-order valence-electron chi connectivity index (χ4n) is 2.67. The van der Waals surface area contributed by atoms with E-state index >= 15 is 0 Å². The standard InChI is InChI=1S/C15H19N3O2/c16-4-1-5-17-6-8-18(9-7-17)13-2-3-14-15(12-13)20-11-10-19-14/h2-3,12H,1,5-11H2. The molecule has 1 aromatic carbocycles. The summed E-state index contributed by atoms with van der Waals surface area (Å²) in [6.07, 6.45) is 0.615. The van der Waals surface area contributed by atoms with Crippen LogP contribution in [0.25, 0.3) is 0 Å². The molecular formula is C15H19N3O2. The number of benzene rings is 1. The number of nitrogens with zero attached hydrogens (tertiary/aromatic N) is 3. The molecule has 0 aromatic heterocycles. The van der Waals surface area contributed by atoms with Crippen molar-refractivity contribution in [3.63, 3.8) is 0 Å². The van der Waals surface area contributed by atoms with Crippen molar-refractivity contribution in [1.82, 2.24) is 4.90 Å². The predicted octanol–water partition coefficient (Wildman–Crippen LogP) is 1.49. The van der Waals surface area contributed by atoms with E-state index in [-0.39, 0.29) is 0 Å². The van der Waals surface area contributed by atoms with Crippen LogP contribution in [0.2, 0.25) is 0 Å². The Morgan fingerprint density at radius 3 is 2.55 bits per heavy atom. The van der Waals surface area contributed by atoms with E-state index < -0.39 is 0 Å². The van der Waals surface area contributed by atoms with Gasteiger partial charge >= 0.3 is 0 Å². The van der Waals surface area contributed by atoms with Crippen LogP contribution in [0.4, 0.5) is 5.69 Å². The van der Waals surface area contributed by atoms with E-state index in [1.807, 2.05) is 6.07 Å². The minimum atomic E-state index is 0.615. The van der Waals surface area contributed by atoms with Crippen molar-refractivity contribution in [1.29, 1.82) is 5.26 Å². The van der Waals surface area contributed by atoms with Gasteiger partial charge in [-0.05, 0) is 12.1 Å². The molecule has 5 heteroatoms. The molecule has 2 aliphatic rings. The average Bonchev–Trinajstić information content (AvgIpc) is 2.53. The van der Waals surface area contributed by atoms with Crippen LogP contribution in [0.15, 0.2) is 18.2 Å². The van der Waals surface area contributed by atoms with Crippen LogP contribution >= 0.6 is 0 Å². The molecule has 0 N–H and O–H groups in total. The second kappa shape index (κ2) is 6.02. The molecule has 3 rings (SSSR count). The van der Waals surface area contributed by atoms with Crippen LogP contribution in [0.1, 0.15) is 6.42 Å². The molecule has 5 nitrogen and oxygen atoms in total. The Hall–Kier alpha value is -1.93. The van der Waals surface area contributed by atoms with Crippen molar-refractivity contribution >= 4 is 5.69 Å². The molecule has 0 radical (unpaired) electrons. The van der Waals surface area contributed by atoms with Gasteiger partial charge in [0.15, 0.2) is 11.5 Å². The van der Waals surface area contributed by atoms with Gasteiger partial charge in [-0.25, -0.2) is 0 Å². The number of hydrogen-bond donors (Lipinski definition) is 0. The predicted molar refractivity (Wildman–Crippen MR) is 76.3 cm³/mol. The zero-order valence-corrected chi connectivity index (χ0v) is 11.5. The Labute approximate surface area is 119 Å². The number of anilines is 1. The Kier molecular flexibility index (Phi) is 3.93. The quantitative estimate of drug-likeness (QED) is 0.835. The number of piperazine rings is 1. The van der Waals surface area contributed by atoms with Crippen molar-refractivity contribution in [2.45, 2.75) is 6.42 Å². The number of nitriles is 1. The van der Waals surface area contributed by atoms with Gasteiger partial charge in [-0.15, -0.1) is 0 Å². The normalized spacial score (nSPS) is 18.6. The molecule has 1 saturated heterocycles. The summed E-state index contributed by atoms with van der Waals surface area (Å²) < 4.78 is 11.2. The van der Waals surface area contributed by atoms with E-state index in [9.17, 15) is 0 Å². The second-order valence-electron chi connectivity index (χ2n) is 5.06. The molecule has 1 fully saturated rings. The molecule has 0 saturated carbocycles. The van der Waals surface area contributed by atoms with E-state index in [4.69, 9.17) is 14.7 Å². The SMILES string of the molecule is N#CCCN1CCN(c2ccc3c(c2)OCCO3)CC1. The van der Waals surface area contributed by atoms with Gasteiger partial charge in [0.1, 0.15) is 13.2 Å². The lowest BCUT2D eigenvalue weighted by molar-refractivity contribution is 0.171. The molecule has 2 heterocycles. The Morgan fingerprint density at radius 2 is 1.80 bits per heavy atom. The zero-order valence-electron chi connectivity index (χ0n) is 11.5. The number of rotatable bonds is 3. The highest BCUT2D eigenvalue weighted by Gasteiger charge is 2.19. The zero-order chi connectivity index (χ0) is 13.8. The highest BCUT2D eigenvalue weighted by atomic mass is 16.6. The lowest BCUT2D eigenvalue weighted by atomic mass is 10.2. The lowest BCUT2D eigenvalue weighted by Crippen LogP contribution is -2.46. The summed E-state index contributed by atoms with van der Waals surface area (Å²) in [6.45, 7) is 6.14. The molecule has 2 aliphatic heterocycles. The van der Waals surface area contributed by atoms with Gasteiger partial charge in [-0.3, -0.25) is 4.90 Å². The molecule has 0 bridgehead atoms. The monoisotopic (exact) mass is 273 g/mol. The van der Waals surface area contributed by atoms with Crippen LogP contribution < -0.4 is 14.4 Å². The van der Waals surface area contributed by atoms with Gasteiger partial charge in [0.2, 0.25) is 0 Å². The summed E-state index contributed by atoms with van der Waals surface area (Å²) in [6, 6.07) is 8.36. The maximum Gasteiger partial charge on any atom is 0.163 e. The molecule has 1 aromatic rings. The van der Waals surface area contributed by atoms with Crippen molar-refractivity contribution in [3.05, 3.63) is 18.2 Å². The Balaban J connectivity index is 1.62. The molecule has 0 atom stereocenters. The molecule has 0 unspecified atom stereocenters. The fourth-order valence-corrected chi connectivity index (χ4v) is 2.67. The van der Waals surface area contributed by atoms with E-state index in [1.165, 1.54) is 5.69 Å². The van der Waals surface area contributed by atoms with Gasteiger partial charge in [-0.2, -0.15) is 5.26 Å². The minimum Gasteiger partial charge on any atom is -0.486 e. The van der Waals surface area contributed by atoms with Gasteiger partial charge < -0.3 is 14.4 Å². The van der Waals surface area contributed by atoms with Gasteiger partial charge in [0.25, 0.3) is 0 Å². The van der Waals surface area contributed by atoms with Crippen molar-refractivity contribution < 1.29 is 9.47 Å². The molecule has 0 spiro atoms. The first kappa shape index (κ1) is 13.1. The largest absolute Gasteiger partial charge is 0.486 e. The maximum absolute atomic E-state index is 8.63. The van der Waals surface area contributed by atoms with Gasteiger partial charge in [0.05, 0.1) is 6.07 Å². The van der Waals surface area contributed by atoms with Gasteiger partial charge in [-0.1, -0.05) is 0 Å². The van der Waals surface area contributed by atoms with E-state index in [0.29, 0.717) is 19.6 Å². The molecule has 20 heavy (non-hydrogen) atoms. The Morgan fingerprint density at radius 1 is 1.05 bits per heavy atom. The van der Waals surface area contributed by atoms with Crippen LogP contribution in [-0.4, -0.2) is 50.8 Å². The van der Waals surface area contributed by atoms with Crippen LogP contribution in [0.3, 0.4) is 0 Å². The highest BCUT2D eigenvalue weighted by molar-refractivity contribution is 5.57. The third kappa shape index (κ3) is 2.81. The number of hydrogen-bond acceptors (Lipinski definition) is 5. The summed E-state index contributed by atoms with van der Waals surface area (Å²) in [5.74, 6) is 1.69. The first-order valence-electron chi connectivity index (χ1n) is 7.11. The van der Waals surface area contributed by atoms with Crippen molar-refractivity contribution in [2.75, 3.05) is 50.8 Å². The minimum absolute atomic E-state index is 0.615. The van der Waals surface area contributed by atoms with E-state index in [2.05, 4.69) is 28.0 Å². The van der Waals surface area contributed by atoms with Crippen molar-refractivity contribution in [3.8, 4) is 17.6 Å². The smallest absolute Gasteiger partial charge is 0.163 e. The third-order valence-corrected chi connectivity index (χ3v) is 3.80. The first-order chi connectivity index (χ1) is 9.86. The van der Waals surface area contributed by atoms with Crippen LogP contribution in [-0.2, 0) is 0 Å².